The van der Waals surface area contributed by atoms with E-state index < -0.39 is 0 Å². The molecule has 4 rings (SSSR count). The molecule has 2 heterocycles. The van der Waals surface area contributed by atoms with Crippen molar-refractivity contribution in [3.63, 3.8) is 0 Å². The van der Waals surface area contributed by atoms with Crippen LogP contribution in [0.15, 0.2) is 59.2 Å². The smallest absolute Gasteiger partial charge is 0.322 e. The van der Waals surface area contributed by atoms with Crippen LogP contribution in [0.25, 0.3) is 11.4 Å². The third-order valence-corrected chi connectivity index (χ3v) is 5.14. The number of halogens is 1. The number of rotatable bonds is 3. The van der Waals surface area contributed by atoms with Crippen LogP contribution < -0.4 is 10.1 Å². The minimum Gasteiger partial charge on any atom is -0.497 e. The van der Waals surface area contributed by atoms with Gasteiger partial charge in [-0.2, -0.15) is 0 Å². The van der Waals surface area contributed by atoms with Gasteiger partial charge in [0.1, 0.15) is 5.75 Å². The van der Waals surface area contributed by atoms with E-state index in [1.807, 2.05) is 54.7 Å². The van der Waals surface area contributed by atoms with Gasteiger partial charge in [-0.05, 0) is 42.5 Å². The lowest BCUT2D eigenvalue weighted by Crippen LogP contribution is -2.39. The number of fused-ring (bicyclic) bond motifs is 1. The molecule has 0 fully saturated rings. The first-order chi connectivity index (χ1) is 13.6. The highest BCUT2D eigenvalue weighted by Crippen LogP contribution is 2.23. The largest absolute Gasteiger partial charge is 0.497 e. The van der Waals surface area contributed by atoms with Crippen molar-refractivity contribution in [1.29, 1.82) is 0 Å². The molecule has 2 aromatic carbocycles. The average molecular weight is 439 g/mol. The molecular weight excluding hydrogens is 420 g/mol. The first kappa shape index (κ1) is 18.4. The maximum Gasteiger partial charge on any atom is 0.322 e. The first-order valence-electron chi connectivity index (χ1n) is 8.93. The molecule has 0 saturated heterocycles. The molecule has 2 amide bonds. The molecule has 3 aromatic rings. The summed E-state index contributed by atoms with van der Waals surface area (Å²) in [6, 6.07) is 15.1. The fraction of sp³-hybridized carbons (Fsp3) is 0.190. The summed E-state index contributed by atoms with van der Waals surface area (Å²) in [5, 5.41) is 2.94. The molecule has 0 radical (unpaired) electrons. The molecule has 0 unspecified atom stereocenters. The fourth-order valence-electron chi connectivity index (χ4n) is 3.14. The zero-order valence-electron chi connectivity index (χ0n) is 15.4. The summed E-state index contributed by atoms with van der Waals surface area (Å²) < 4.78 is 6.12. The maximum absolute atomic E-state index is 12.6. The molecule has 0 saturated carbocycles. The Balaban J connectivity index is 1.47. The number of ether oxygens (including phenoxy) is 1. The third kappa shape index (κ3) is 3.99. The molecule has 1 aliphatic rings. The highest BCUT2D eigenvalue weighted by Gasteiger charge is 2.22. The van der Waals surface area contributed by atoms with Crippen LogP contribution >= 0.6 is 15.9 Å². The Morgan fingerprint density at radius 2 is 2.04 bits per heavy atom. The Morgan fingerprint density at radius 3 is 2.79 bits per heavy atom. The van der Waals surface area contributed by atoms with Crippen LogP contribution in [-0.2, 0) is 13.0 Å². The highest BCUT2D eigenvalue weighted by molar-refractivity contribution is 9.10. The van der Waals surface area contributed by atoms with E-state index in [1.165, 1.54) is 0 Å². The van der Waals surface area contributed by atoms with Gasteiger partial charge in [-0.25, -0.2) is 14.8 Å². The summed E-state index contributed by atoms with van der Waals surface area (Å²) in [5.41, 5.74) is 3.68. The number of anilines is 1. The molecule has 0 spiro atoms. The summed E-state index contributed by atoms with van der Waals surface area (Å²) in [6.07, 6.45) is 2.52. The van der Waals surface area contributed by atoms with E-state index in [-0.39, 0.29) is 6.03 Å². The second-order valence-electron chi connectivity index (χ2n) is 6.51. The molecule has 6 nitrogen and oxygen atoms in total. The number of carbonyl (C=O) groups excluding carboxylic acids is 1. The number of nitrogens with one attached hydrogen (secondary N) is 1. The van der Waals surface area contributed by atoms with Gasteiger partial charge in [0, 0.05) is 40.4 Å². The number of methoxy groups -OCH3 is 1. The molecule has 0 bridgehead atoms. The summed E-state index contributed by atoms with van der Waals surface area (Å²) in [4.78, 5) is 23.6. The Morgan fingerprint density at radius 1 is 1.21 bits per heavy atom. The van der Waals surface area contributed by atoms with Crippen molar-refractivity contribution in [2.45, 2.75) is 13.0 Å². The van der Waals surface area contributed by atoms with Gasteiger partial charge in [-0.15, -0.1) is 0 Å². The second kappa shape index (κ2) is 7.98. The van der Waals surface area contributed by atoms with Gasteiger partial charge >= 0.3 is 6.03 Å². The Hall–Kier alpha value is -2.93. The molecular formula is C21H19BrN4O2. The topological polar surface area (TPSA) is 67.4 Å². The molecule has 0 atom stereocenters. The molecule has 0 aliphatic carbocycles. The summed E-state index contributed by atoms with van der Waals surface area (Å²) >= 11 is 3.42. The quantitative estimate of drug-likeness (QED) is 0.653. The maximum atomic E-state index is 12.6. The third-order valence-electron chi connectivity index (χ3n) is 4.65. The summed E-state index contributed by atoms with van der Waals surface area (Å²) in [7, 11) is 1.64. The lowest BCUT2D eigenvalue weighted by atomic mass is 10.1. The zero-order valence-corrected chi connectivity index (χ0v) is 16.9. The van der Waals surface area contributed by atoms with Gasteiger partial charge in [-0.1, -0.05) is 22.0 Å². The molecule has 28 heavy (non-hydrogen) atoms. The van der Waals surface area contributed by atoms with Crippen LogP contribution in [0.2, 0.25) is 0 Å². The van der Waals surface area contributed by atoms with E-state index in [9.17, 15) is 4.79 Å². The van der Waals surface area contributed by atoms with Gasteiger partial charge in [-0.3, -0.25) is 0 Å². The van der Waals surface area contributed by atoms with Crippen LogP contribution in [0.5, 0.6) is 5.75 Å². The predicted octanol–water partition coefficient (Wildman–Crippen LogP) is 4.50. The Bertz CT molecular complexity index is 1010. The number of nitrogens with zero attached hydrogens (tertiary/aromatic N) is 3. The van der Waals surface area contributed by atoms with Crippen molar-refractivity contribution >= 4 is 27.6 Å². The van der Waals surface area contributed by atoms with E-state index in [0.29, 0.717) is 25.3 Å². The lowest BCUT2D eigenvalue weighted by Gasteiger charge is -2.28. The minimum atomic E-state index is -0.122. The van der Waals surface area contributed by atoms with Gasteiger partial charge < -0.3 is 15.0 Å². The SMILES string of the molecule is COc1ccc(-c2ncc3c(n2)CCN(C(=O)Nc2cccc(Br)c2)C3)cc1. The fourth-order valence-corrected chi connectivity index (χ4v) is 3.54. The van der Waals surface area contributed by atoms with Crippen LogP contribution in [-0.4, -0.2) is 34.6 Å². The predicted molar refractivity (Wildman–Crippen MR) is 111 cm³/mol. The number of hydrogen-bond acceptors (Lipinski definition) is 4. The molecule has 1 N–H and O–H groups in total. The standard InChI is InChI=1S/C21H19BrN4O2/c1-28-18-7-5-14(6-8-18)20-23-12-15-13-26(10-9-19(15)25-20)21(27)24-17-4-2-3-16(22)11-17/h2-8,11-12H,9-10,13H2,1H3,(H,24,27). The number of urea groups is 1. The van der Waals surface area contributed by atoms with Crippen LogP contribution in [0, 0.1) is 0 Å². The summed E-state index contributed by atoms with van der Waals surface area (Å²) in [6.45, 7) is 1.12. The summed E-state index contributed by atoms with van der Waals surface area (Å²) in [5.74, 6) is 1.49. The van der Waals surface area contributed by atoms with E-state index >= 15 is 0 Å². The van der Waals surface area contributed by atoms with E-state index in [0.717, 1.165) is 32.7 Å². The van der Waals surface area contributed by atoms with Crippen molar-refractivity contribution in [2.24, 2.45) is 0 Å². The van der Waals surface area contributed by atoms with Crippen molar-refractivity contribution in [2.75, 3.05) is 19.0 Å². The number of benzene rings is 2. The number of hydrogen-bond donors (Lipinski definition) is 1. The average Bonchev–Trinajstić information content (AvgIpc) is 2.73. The van der Waals surface area contributed by atoms with Crippen LogP contribution in [0.1, 0.15) is 11.3 Å². The van der Waals surface area contributed by atoms with E-state index in [2.05, 4.69) is 26.2 Å². The second-order valence-corrected chi connectivity index (χ2v) is 7.42. The molecule has 7 heteroatoms. The minimum absolute atomic E-state index is 0.122. The van der Waals surface area contributed by atoms with Gasteiger partial charge in [0.15, 0.2) is 5.82 Å². The molecule has 1 aliphatic heterocycles. The van der Waals surface area contributed by atoms with E-state index in [1.54, 1.807) is 12.0 Å². The van der Waals surface area contributed by atoms with Gasteiger partial charge in [0.25, 0.3) is 0 Å². The number of aromatic nitrogens is 2. The molecule has 1 aromatic heterocycles. The van der Waals surface area contributed by atoms with Crippen LogP contribution in [0.4, 0.5) is 10.5 Å². The van der Waals surface area contributed by atoms with E-state index in [4.69, 9.17) is 9.72 Å². The normalized spacial score (nSPS) is 13.0. The zero-order chi connectivity index (χ0) is 19.5. The molecule has 142 valence electrons. The van der Waals surface area contributed by atoms with Crippen molar-refractivity contribution in [3.8, 4) is 17.1 Å². The monoisotopic (exact) mass is 438 g/mol. The first-order valence-corrected chi connectivity index (χ1v) is 9.72. The van der Waals surface area contributed by atoms with Gasteiger partial charge in [0.05, 0.1) is 19.3 Å². The number of amides is 2. The van der Waals surface area contributed by atoms with Crippen molar-refractivity contribution in [1.82, 2.24) is 14.9 Å². The van der Waals surface area contributed by atoms with Crippen LogP contribution in [0.3, 0.4) is 0 Å². The van der Waals surface area contributed by atoms with Crippen molar-refractivity contribution < 1.29 is 9.53 Å². The van der Waals surface area contributed by atoms with Gasteiger partial charge in [0.2, 0.25) is 0 Å². The Kier molecular flexibility index (Phi) is 5.25. The van der Waals surface area contributed by atoms with Crippen molar-refractivity contribution in [3.05, 3.63) is 70.5 Å². The lowest BCUT2D eigenvalue weighted by molar-refractivity contribution is 0.206. The Labute approximate surface area is 171 Å². The highest BCUT2D eigenvalue weighted by atomic mass is 79.9. The number of carbonyl (C=O) groups is 1.